The van der Waals surface area contributed by atoms with Crippen molar-refractivity contribution in [3.63, 3.8) is 0 Å². The number of amides is 2. The van der Waals surface area contributed by atoms with Crippen LogP contribution in [-0.2, 0) is 9.63 Å². The quantitative estimate of drug-likeness (QED) is 0.775. The second kappa shape index (κ2) is 4.74. The number of fused-ring (bicyclic) bond motifs is 1. The van der Waals surface area contributed by atoms with Gasteiger partial charge in [-0.3, -0.25) is 9.59 Å². The van der Waals surface area contributed by atoms with Crippen molar-refractivity contribution in [2.75, 3.05) is 0 Å². The van der Waals surface area contributed by atoms with Gasteiger partial charge in [0.25, 0.3) is 11.8 Å². The summed E-state index contributed by atoms with van der Waals surface area (Å²) in [4.78, 5) is 41.2. The molecule has 2 atom stereocenters. The number of carbonyl (C=O) groups is 3. The van der Waals surface area contributed by atoms with Gasteiger partial charge in [-0.25, -0.2) is 4.79 Å². The van der Waals surface area contributed by atoms with Crippen LogP contribution in [-0.4, -0.2) is 22.8 Å². The molecule has 5 nitrogen and oxygen atoms in total. The normalized spacial score (nSPS) is 24.9. The van der Waals surface area contributed by atoms with E-state index in [9.17, 15) is 14.4 Å². The van der Waals surface area contributed by atoms with E-state index in [1.54, 1.807) is 24.3 Å². The number of hydrogen-bond donors (Lipinski definition) is 0. The van der Waals surface area contributed by atoms with Gasteiger partial charge in [-0.1, -0.05) is 24.1 Å². The minimum Gasteiger partial charge on any atom is -0.329 e. The predicted octanol–water partition coefficient (Wildman–Crippen LogP) is 2.18. The molecule has 104 valence electrons. The topological polar surface area (TPSA) is 63.7 Å². The van der Waals surface area contributed by atoms with Crippen molar-refractivity contribution >= 4 is 17.8 Å². The Morgan fingerprint density at radius 3 is 2.25 bits per heavy atom. The summed E-state index contributed by atoms with van der Waals surface area (Å²) in [6.07, 6.45) is 2.48. The number of hydroxylamine groups is 2. The summed E-state index contributed by atoms with van der Waals surface area (Å²) >= 11 is 0. The third-order valence-electron chi connectivity index (χ3n) is 3.97. The van der Waals surface area contributed by atoms with Crippen LogP contribution in [0.15, 0.2) is 24.3 Å². The van der Waals surface area contributed by atoms with Crippen molar-refractivity contribution in [1.82, 2.24) is 5.06 Å². The van der Waals surface area contributed by atoms with Crippen molar-refractivity contribution < 1.29 is 19.2 Å². The van der Waals surface area contributed by atoms with E-state index in [0.717, 1.165) is 19.3 Å². The standard InChI is InChI=1S/C15H15NO4/c1-9-6-7-10(8-9)15(19)20-16-13(17)11-4-2-3-5-12(11)14(16)18/h2-5,9-10H,6-8H2,1H3. The number of imide groups is 1. The molecule has 1 fully saturated rings. The fourth-order valence-electron chi connectivity index (χ4n) is 2.84. The average Bonchev–Trinajstić information content (AvgIpc) is 2.98. The van der Waals surface area contributed by atoms with Gasteiger partial charge in [0.1, 0.15) is 0 Å². The fourth-order valence-corrected chi connectivity index (χ4v) is 2.84. The van der Waals surface area contributed by atoms with Crippen LogP contribution in [0.3, 0.4) is 0 Å². The van der Waals surface area contributed by atoms with Crippen LogP contribution in [0.1, 0.15) is 46.9 Å². The number of carbonyl (C=O) groups excluding carboxylic acids is 3. The minimum absolute atomic E-state index is 0.214. The van der Waals surface area contributed by atoms with Crippen LogP contribution in [0, 0.1) is 11.8 Å². The molecular formula is C15H15NO4. The lowest BCUT2D eigenvalue weighted by Crippen LogP contribution is -2.34. The second-order valence-electron chi connectivity index (χ2n) is 5.48. The van der Waals surface area contributed by atoms with Gasteiger partial charge in [-0.2, -0.15) is 0 Å². The van der Waals surface area contributed by atoms with Gasteiger partial charge in [-0.15, -0.1) is 0 Å². The van der Waals surface area contributed by atoms with Gasteiger partial charge in [0.05, 0.1) is 17.0 Å². The van der Waals surface area contributed by atoms with Gasteiger partial charge < -0.3 is 4.84 Å². The highest BCUT2D eigenvalue weighted by atomic mass is 16.7. The van der Waals surface area contributed by atoms with Gasteiger partial charge in [0, 0.05) is 0 Å². The molecular weight excluding hydrogens is 258 g/mol. The SMILES string of the molecule is CC1CCC(C(=O)ON2C(=O)c3ccccc3C2=O)C1. The fraction of sp³-hybridized carbons (Fsp3) is 0.400. The summed E-state index contributed by atoms with van der Waals surface area (Å²) < 4.78 is 0. The zero-order valence-corrected chi connectivity index (χ0v) is 11.2. The lowest BCUT2D eigenvalue weighted by Gasteiger charge is -2.15. The maximum Gasteiger partial charge on any atom is 0.336 e. The highest BCUT2D eigenvalue weighted by Gasteiger charge is 2.40. The molecule has 3 rings (SSSR count). The molecule has 1 aromatic rings. The van der Waals surface area contributed by atoms with E-state index in [4.69, 9.17) is 4.84 Å². The highest BCUT2D eigenvalue weighted by Crippen LogP contribution is 2.32. The summed E-state index contributed by atoms with van der Waals surface area (Å²) in [6, 6.07) is 6.46. The summed E-state index contributed by atoms with van der Waals surface area (Å²) in [7, 11) is 0. The molecule has 20 heavy (non-hydrogen) atoms. The van der Waals surface area contributed by atoms with E-state index in [1.807, 2.05) is 0 Å². The first-order chi connectivity index (χ1) is 9.58. The van der Waals surface area contributed by atoms with E-state index >= 15 is 0 Å². The largest absolute Gasteiger partial charge is 0.336 e. The van der Waals surface area contributed by atoms with Crippen molar-refractivity contribution in [3.8, 4) is 0 Å². The summed E-state index contributed by atoms with van der Waals surface area (Å²) in [5.74, 6) is -1.34. The first-order valence-corrected chi connectivity index (χ1v) is 6.77. The third-order valence-corrected chi connectivity index (χ3v) is 3.97. The molecule has 0 aromatic heterocycles. The third kappa shape index (κ3) is 1.99. The Balaban J connectivity index is 1.75. The summed E-state index contributed by atoms with van der Waals surface area (Å²) in [6.45, 7) is 2.08. The van der Waals surface area contributed by atoms with Gasteiger partial charge in [-0.05, 0) is 37.3 Å². The monoisotopic (exact) mass is 273 g/mol. The van der Waals surface area contributed by atoms with Gasteiger partial charge in [0.2, 0.25) is 0 Å². The first kappa shape index (κ1) is 12.8. The van der Waals surface area contributed by atoms with Crippen LogP contribution in [0.2, 0.25) is 0 Å². The maximum absolute atomic E-state index is 12.0. The lowest BCUT2D eigenvalue weighted by atomic mass is 10.1. The molecule has 1 aliphatic heterocycles. The molecule has 2 amide bonds. The Hall–Kier alpha value is -2.17. The van der Waals surface area contributed by atoms with Crippen LogP contribution in [0.25, 0.3) is 0 Å². The van der Waals surface area contributed by atoms with Gasteiger partial charge in [0.15, 0.2) is 0 Å². The van der Waals surface area contributed by atoms with Crippen molar-refractivity contribution in [2.45, 2.75) is 26.2 Å². The Bertz CT molecular complexity index is 560. The molecule has 0 spiro atoms. The molecule has 1 heterocycles. The molecule has 5 heteroatoms. The Morgan fingerprint density at radius 1 is 1.15 bits per heavy atom. The number of rotatable bonds is 2. The van der Waals surface area contributed by atoms with Crippen molar-refractivity contribution in [1.29, 1.82) is 0 Å². The average molecular weight is 273 g/mol. The number of nitrogens with zero attached hydrogens (tertiary/aromatic N) is 1. The van der Waals surface area contributed by atoms with Crippen molar-refractivity contribution in [2.24, 2.45) is 11.8 Å². The Kier molecular flexibility index (Phi) is 3.04. The van der Waals surface area contributed by atoms with Gasteiger partial charge >= 0.3 is 5.97 Å². The molecule has 0 bridgehead atoms. The molecule has 2 unspecified atom stereocenters. The zero-order chi connectivity index (χ0) is 14.3. The van der Waals surface area contributed by atoms with Crippen LogP contribution in [0.5, 0.6) is 0 Å². The smallest absolute Gasteiger partial charge is 0.329 e. The van der Waals surface area contributed by atoms with E-state index in [-0.39, 0.29) is 17.0 Å². The van der Waals surface area contributed by atoms with E-state index < -0.39 is 17.8 Å². The molecule has 0 radical (unpaired) electrons. The number of hydrogen-bond acceptors (Lipinski definition) is 4. The summed E-state index contributed by atoms with van der Waals surface area (Å²) in [5, 5.41) is 0.593. The van der Waals surface area contributed by atoms with E-state index in [2.05, 4.69) is 6.92 Å². The predicted molar refractivity (Wildman–Crippen MR) is 69.5 cm³/mol. The second-order valence-corrected chi connectivity index (χ2v) is 5.48. The highest BCUT2D eigenvalue weighted by molar-refractivity contribution is 6.20. The summed E-state index contributed by atoms with van der Waals surface area (Å²) in [5.41, 5.74) is 0.565. The van der Waals surface area contributed by atoms with Crippen LogP contribution >= 0.6 is 0 Å². The Labute approximate surface area is 116 Å². The lowest BCUT2D eigenvalue weighted by molar-refractivity contribution is -0.173. The molecule has 1 aliphatic carbocycles. The molecule has 2 aliphatic rings. The van der Waals surface area contributed by atoms with Crippen LogP contribution in [0.4, 0.5) is 0 Å². The minimum atomic E-state index is -0.565. The molecule has 1 saturated carbocycles. The van der Waals surface area contributed by atoms with Crippen LogP contribution < -0.4 is 0 Å². The van der Waals surface area contributed by atoms with E-state index in [0.29, 0.717) is 11.0 Å². The Morgan fingerprint density at radius 2 is 1.75 bits per heavy atom. The van der Waals surface area contributed by atoms with Crippen molar-refractivity contribution in [3.05, 3.63) is 35.4 Å². The first-order valence-electron chi connectivity index (χ1n) is 6.77. The molecule has 0 N–H and O–H groups in total. The zero-order valence-electron chi connectivity index (χ0n) is 11.2. The maximum atomic E-state index is 12.0. The van der Waals surface area contributed by atoms with E-state index in [1.165, 1.54) is 0 Å². The molecule has 0 saturated heterocycles. The number of benzene rings is 1. The molecule has 1 aromatic carbocycles.